The van der Waals surface area contributed by atoms with Gasteiger partial charge in [0, 0.05) is 40.3 Å². The Balaban J connectivity index is 1.56. The van der Waals surface area contributed by atoms with Gasteiger partial charge in [0.25, 0.3) is 0 Å². The Morgan fingerprint density at radius 3 is 2.91 bits per heavy atom. The molecule has 0 aromatic carbocycles. The van der Waals surface area contributed by atoms with Crippen LogP contribution in [0.5, 0.6) is 0 Å². The van der Waals surface area contributed by atoms with Gasteiger partial charge in [-0.2, -0.15) is 0 Å². The van der Waals surface area contributed by atoms with E-state index < -0.39 is 0 Å². The minimum atomic E-state index is -0.157. The van der Waals surface area contributed by atoms with E-state index in [4.69, 9.17) is 14.5 Å². The van der Waals surface area contributed by atoms with E-state index in [2.05, 4.69) is 29.0 Å². The zero-order valence-corrected chi connectivity index (χ0v) is 19.6. The van der Waals surface area contributed by atoms with Gasteiger partial charge in [-0.3, -0.25) is 4.57 Å². The minimum Gasteiger partial charge on any atom is -0.376 e. The molecule has 1 aliphatic carbocycles. The van der Waals surface area contributed by atoms with E-state index >= 15 is 0 Å². The van der Waals surface area contributed by atoms with Crippen LogP contribution in [0, 0.1) is 13.8 Å². The van der Waals surface area contributed by atoms with Crippen molar-refractivity contribution >= 4 is 27.9 Å². The first-order chi connectivity index (χ1) is 16.6. The van der Waals surface area contributed by atoms with Crippen molar-refractivity contribution in [3.63, 3.8) is 0 Å². The van der Waals surface area contributed by atoms with Crippen LogP contribution in [0.4, 0.5) is 0 Å². The number of H-pyrrole nitrogens is 1. The van der Waals surface area contributed by atoms with Crippen molar-refractivity contribution in [2.75, 3.05) is 19.8 Å². The van der Waals surface area contributed by atoms with E-state index in [1.165, 1.54) is 0 Å². The lowest BCUT2D eigenvalue weighted by Crippen LogP contribution is -2.36. The van der Waals surface area contributed by atoms with Gasteiger partial charge in [0.2, 0.25) is 0 Å². The summed E-state index contributed by atoms with van der Waals surface area (Å²) in [6.45, 7) is 6.19. The molecule has 2 aliphatic rings. The lowest BCUT2D eigenvalue weighted by Gasteiger charge is -2.23. The van der Waals surface area contributed by atoms with E-state index in [1.807, 2.05) is 34.5 Å². The Morgan fingerprint density at radius 2 is 2.12 bits per heavy atom. The predicted molar refractivity (Wildman–Crippen MR) is 132 cm³/mol. The Morgan fingerprint density at radius 1 is 1.21 bits per heavy atom. The Bertz CT molecular complexity index is 1470. The maximum Gasteiger partial charge on any atom is 0.334 e. The average Bonchev–Trinajstić information content (AvgIpc) is 3.44. The molecule has 1 aliphatic heterocycles. The Hall–Kier alpha value is -3.23. The largest absolute Gasteiger partial charge is 0.376 e. The molecule has 4 aromatic heterocycles. The number of rotatable bonds is 4. The number of nitrogens with zero attached hydrogens (tertiary/aromatic N) is 4. The fourth-order valence-corrected chi connectivity index (χ4v) is 5.25. The van der Waals surface area contributed by atoms with E-state index in [9.17, 15) is 4.79 Å². The van der Waals surface area contributed by atoms with Gasteiger partial charge in [0.05, 0.1) is 38.0 Å². The zero-order valence-electron chi connectivity index (χ0n) is 19.6. The van der Waals surface area contributed by atoms with Gasteiger partial charge < -0.3 is 14.5 Å². The summed E-state index contributed by atoms with van der Waals surface area (Å²) in [5.74, 6) is 0. The number of ether oxygens (including phenoxy) is 2. The molecule has 0 bridgehead atoms. The SMILES string of the molecule is Cc1nc2c(cc1-c1cnc3[nH]ccc3c1C)n(C[C@H]1COCCO1)c(=O)n2C1=CCCCC1. The first-order valence-corrected chi connectivity index (χ1v) is 12.1. The highest BCUT2D eigenvalue weighted by atomic mass is 16.6. The van der Waals surface area contributed by atoms with Gasteiger partial charge in [-0.15, -0.1) is 0 Å². The fraction of sp³-hybridized carbons (Fsp3) is 0.423. The van der Waals surface area contributed by atoms with Crippen molar-refractivity contribution in [1.82, 2.24) is 24.1 Å². The second kappa shape index (κ2) is 8.52. The smallest absolute Gasteiger partial charge is 0.334 e. The standard InChI is InChI=1S/C26H29N5O3/c1-16-20-8-9-27-24(20)28-13-22(16)21-12-23-25(29-17(21)2)31(18-6-4-3-5-7-18)26(32)30(23)14-19-15-33-10-11-34-19/h6,8-9,12-13,19H,3-5,7,10-11,14-15H2,1-2H3,(H,27,28)/t19-/m0/s1. The number of hydrogen-bond donors (Lipinski definition) is 1. The second-order valence-electron chi connectivity index (χ2n) is 9.24. The summed E-state index contributed by atoms with van der Waals surface area (Å²) in [6, 6.07) is 4.15. The summed E-state index contributed by atoms with van der Waals surface area (Å²) < 4.78 is 15.1. The molecule has 0 amide bonds. The van der Waals surface area contributed by atoms with E-state index in [-0.39, 0.29) is 11.8 Å². The van der Waals surface area contributed by atoms with Crippen LogP contribution in [0.25, 0.3) is 39.0 Å². The maximum atomic E-state index is 13.8. The molecule has 176 valence electrons. The molecule has 8 heteroatoms. The van der Waals surface area contributed by atoms with E-state index in [1.54, 1.807) is 0 Å². The Kier molecular flexibility index (Phi) is 5.34. The van der Waals surface area contributed by atoms with Crippen LogP contribution >= 0.6 is 0 Å². The van der Waals surface area contributed by atoms with Crippen LogP contribution in [-0.4, -0.2) is 50.0 Å². The molecule has 0 spiro atoms. The molecule has 0 radical (unpaired) electrons. The monoisotopic (exact) mass is 459 g/mol. The third kappa shape index (κ3) is 3.49. The summed E-state index contributed by atoms with van der Waals surface area (Å²) in [7, 11) is 0. The lowest BCUT2D eigenvalue weighted by atomic mass is 9.99. The number of pyridine rings is 2. The molecule has 4 aromatic rings. The summed E-state index contributed by atoms with van der Waals surface area (Å²) in [4.78, 5) is 26.6. The van der Waals surface area contributed by atoms with Gasteiger partial charge in [-0.05, 0) is 57.2 Å². The molecule has 1 atom stereocenters. The molecule has 1 N–H and O–H groups in total. The van der Waals surface area contributed by atoms with Gasteiger partial charge >= 0.3 is 5.69 Å². The minimum absolute atomic E-state index is 0.0580. The normalized spacial score (nSPS) is 19.1. The first-order valence-electron chi connectivity index (χ1n) is 12.1. The molecular weight excluding hydrogens is 430 g/mol. The molecule has 8 nitrogen and oxygen atoms in total. The van der Waals surface area contributed by atoms with Crippen molar-refractivity contribution in [3.8, 4) is 11.1 Å². The van der Waals surface area contributed by atoms with Crippen molar-refractivity contribution in [3.05, 3.63) is 52.3 Å². The number of aromatic amines is 1. The van der Waals surface area contributed by atoms with Crippen molar-refractivity contribution in [2.45, 2.75) is 52.2 Å². The topological polar surface area (TPSA) is 87.0 Å². The van der Waals surface area contributed by atoms with Gasteiger partial charge in [0.1, 0.15) is 5.65 Å². The first kappa shape index (κ1) is 21.3. The summed E-state index contributed by atoms with van der Waals surface area (Å²) in [5.41, 5.74) is 7.43. The Labute approximate surface area is 197 Å². The molecule has 5 heterocycles. The number of nitrogens with one attached hydrogen (secondary N) is 1. The highest BCUT2D eigenvalue weighted by Gasteiger charge is 2.24. The van der Waals surface area contributed by atoms with Crippen molar-refractivity contribution in [1.29, 1.82) is 0 Å². The zero-order chi connectivity index (χ0) is 23.2. The van der Waals surface area contributed by atoms with Gasteiger partial charge in [0.15, 0.2) is 5.65 Å². The molecule has 0 saturated carbocycles. The molecule has 34 heavy (non-hydrogen) atoms. The molecular formula is C26H29N5O3. The van der Waals surface area contributed by atoms with Gasteiger partial charge in [-0.1, -0.05) is 6.08 Å². The van der Waals surface area contributed by atoms with Crippen LogP contribution in [0.1, 0.15) is 36.9 Å². The van der Waals surface area contributed by atoms with E-state index in [0.29, 0.717) is 32.0 Å². The third-order valence-electron chi connectivity index (χ3n) is 7.07. The maximum absolute atomic E-state index is 13.8. The van der Waals surface area contributed by atoms with Crippen LogP contribution in [0.2, 0.25) is 0 Å². The number of aromatic nitrogens is 5. The van der Waals surface area contributed by atoms with Gasteiger partial charge in [-0.25, -0.2) is 19.3 Å². The van der Waals surface area contributed by atoms with Crippen LogP contribution < -0.4 is 5.69 Å². The second-order valence-corrected chi connectivity index (χ2v) is 9.24. The highest BCUT2D eigenvalue weighted by molar-refractivity contribution is 5.89. The third-order valence-corrected chi connectivity index (χ3v) is 7.07. The van der Waals surface area contributed by atoms with Crippen molar-refractivity contribution in [2.24, 2.45) is 0 Å². The number of imidazole rings is 1. The number of allylic oxidation sites excluding steroid dienone is 2. The summed E-state index contributed by atoms with van der Waals surface area (Å²) >= 11 is 0. The lowest BCUT2D eigenvalue weighted by molar-refractivity contribution is -0.0935. The van der Waals surface area contributed by atoms with Crippen LogP contribution in [0.15, 0.2) is 35.4 Å². The number of aryl methyl sites for hydroxylation is 2. The van der Waals surface area contributed by atoms with Crippen LogP contribution in [-0.2, 0) is 16.0 Å². The summed E-state index contributed by atoms with van der Waals surface area (Å²) in [5, 5.41) is 1.09. The molecule has 1 saturated heterocycles. The average molecular weight is 460 g/mol. The predicted octanol–water partition coefficient (Wildman–Crippen LogP) is 4.19. The summed E-state index contributed by atoms with van der Waals surface area (Å²) in [6.07, 6.45) is 9.96. The van der Waals surface area contributed by atoms with E-state index in [0.717, 1.165) is 70.3 Å². The molecule has 6 rings (SSSR count). The van der Waals surface area contributed by atoms with Crippen LogP contribution in [0.3, 0.4) is 0 Å². The fourth-order valence-electron chi connectivity index (χ4n) is 5.25. The molecule has 1 fully saturated rings. The number of fused-ring (bicyclic) bond motifs is 2. The molecule has 0 unspecified atom stereocenters. The number of hydrogen-bond acceptors (Lipinski definition) is 5. The highest BCUT2D eigenvalue weighted by Crippen LogP contribution is 2.33. The van der Waals surface area contributed by atoms with Crippen molar-refractivity contribution < 1.29 is 9.47 Å². The quantitative estimate of drug-likeness (QED) is 0.495.